The van der Waals surface area contributed by atoms with E-state index in [1.807, 2.05) is 85.8 Å². The Morgan fingerprint density at radius 1 is 0.853 bits per heavy atom. The smallest absolute Gasteiger partial charge is 0.224 e. The quantitative estimate of drug-likeness (QED) is 0.248. The number of hydrogen-bond donors (Lipinski definition) is 1. The molecule has 1 aromatic heterocycles. The van der Waals surface area contributed by atoms with Crippen molar-refractivity contribution in [2.24, 2.45) is 0 Å². The van der Waals surface area contributed by atoms with Crippen LogP contribution in [-0.4, -0.2) is 27.8 Å². The van der Waals surface area contributed by atoms with Crippen molar-refractivity contribution in [1.29, 1.82) is 0 Å². The first kappa shape index (κ1) is 23.4. The second-order valence-corrected chi connectivity index (χ2v) is 8.66. The van der Waals surface area contributed by atoms with Gasteiger partial charge in [-0.15, -0.1) is 0 Å². The van der Waals surface area contributed by atoms with E-state index in [1.54, 1.807) is 0 Å². The molecule has 0 radical (unpaired) electrons. The lowest BCUT2D eigenvalue weighted by Gasteiger charge is -2.09. The van der Waals surface area contributed by atoms with Gasteiger partial charge >= 0.3 is 0 Å². The van der Waals surface area contributed by atoms with E-state index in [0.717, 1.165) is 53.7 Å². The maximum atomic E-state index is 12.9. The number of Topliss-reactive ketones (excluding diaryl/α,β-unsaturated/α-hetero) is 1. The number of para-hydroxylation sites is 2. The van der Waals surface area contributed by atoms with Crippen molar-refractivity contribution in [3.05, 3.63) is 101 Å². The molecule has 5 heteroatoms. The molecule has 1 amide bonds. The van der Waals surface area contributed by atoms with E-state index >= 15 is 0 Å². The van der Waals surface area contributed by atoms with Gasteiger partial charge in [-0.05, 0) is 43.0 Å². The van der Waals surface area contributed by atoms with Gasteiger partial charge in [0.1, 0.15) is 5.82 Å². The van der Waals surface area contributed by atoms with Crippen LogP contribution < -0.4 is 5.32 Å². The summed E-state index contributed by atoms with van der Waals surface area (Å²) in [6, 6.07) is 25.4. The van der Waals surface area contributed by atoms with Crippen LogP contribution in [0.4, 0.5) is 0 Å². The number of carbonyl (C=O) groups excluding carboxylic acids is 2. The minimum absolute atomic E-state index is 0.0653. The molecule has 4 rings (SSSR count). The van der Waals surface area contributed by atoms with Crippen molar-refractivity contribution >= 4 is 22.7 Å². The number of nitrogens with one attached hydrogen (secondary N) is 1. The van der Waals surface area contributed by atoms with Gasteiger partial charge in [-0.25, -0.2) is 4.98 Å². The molecule has 0 aliphatic rings. The number of rotatable bonds is 11. The van der Waals surface area contributed by atoms with Gasteiger partial charge in [-0.1, -0.05) is 73.2 Å². The van der Waals surface area contributed by atoms with Crippen LogP contribution in [0, 0.1) is 6.92 Å². The Labute approximate surface area is 200 Å². The fraction of sp³-hybridized carbons (Fsp3) is 0.276. The molecular formula is C29H31N3O2. The zero-order chi connectivity index (χ0) is 23.8. The first-order valence-corrected chi connectivity index (χ1v) is 12.0. The van der Waals surface area contributed by atoms with Gasteiger partial charge < -0.3 is 9.88 Å². The molecule has 0 unspecified atom stereocenters. The highest BCUT2D eigenvalue weighted by molar-refractivity contribution is 5.96. The molecule has 1 N–H and O–H groups in total. The topological polar surface area (TPSA) is 64.0 Å². The Morgan fingerprint density at radius 3 is 2.41 bits per heavy atom. The van der Waals surface area contributed by atoms with E-state index in [1.165, 1.54) is 0 Å². The molecule has 3 aromatic carbocycles. The average molecular weight is 454 g/mol. The highest BCUT2D eigenvalue weighted by Gasteiger charge is 2.14. The van der Waals surface area contributed by atoms with Crippen LogP contribution in [0.2, 0.25) is 0 Å². The van der Waals surface area contributed by atoms with Crippen LogP contribution >= 0.6 is 0 Å². The molecule has 0 aliphatic heterocycles. The summed E-state index contributed by atoms with van der Waals surface area (Å²) < 4.78 is 2.05. The average Bonchev–Trinajstić information content (AvgIpc) is 3.20. The molecule has 0 spiro atoms. The molecule has 4 aromatic rings. The van der Waals surface area contributed by atoms with Crippen LogP contribution in [0.5, 0.6) is 0 Å². The Hall–Kier alpha value is -3.73. The number of fused-ring (bicyclic) bond motifs is 1. The fourth-order valence-electron chi connectivity index (χ4n) is 4.21. The summed E-state index contributed by atoms with van der Waals surface area (Å²) in [6.07, 6.45) is 4.08. The standard InChI is InChI=1S/C29H31N3O2/c1-22-12-7-8-15-24(22)20-29(34)30-19-11-3-6-18-28-31-25-16-9-10-17-26(25)32(28)21-27(33)23-13-4-2-5-14-23/h2,4-5,7-10,12-17H,3,6,11,18-21H2,1H3,(H,30,34). The van der Waals surface area contributed by atoms with Crippen molar-refractivity contribution in [1.82, 2.24) is 14.9 Å². The zero-order valence-corrected chi connectivity index (χ0v) is 19.7. The number of ketones is 1. The van der Waals surface area contributed by atoms with Crippen molar-refractivity contribution in [2.45, 2.75) is 45.6 Å². The molecule has 0 saturated carbocycles. The third-order valence-electron chi connectivity index (χ3n) is 6.14. The third-order valence-corrected chi connectivity index (χ3v) is 6.14. The van der Waals surface area contributed by atoms with E-state index < -0.39 is 0 Å². The van der Waals surface area contributed by atoms with E-state index in [4.69, 9.17) is 4.98 Å². The zero-order valence-electron chi connectivity index (χ0n) is 19.7. The molecule has 0 fully saturated rings. The first-order valence-electron chi connectivity index (χ1n) is 12.0. The number of aromatic nitrogens is 2. The molecule has 174 valence electrons. The Kier molecular flexibility index (Phi) is 7.87. The molecule has 34 heavy (non-hydrogen) atoms. The van der Waals surface area contributed by atoms with Gasteiger partial charge in [-0.3, -0.25) is 9.59 Å². The molecule has 0 atom stereocenters. The number of hydrogen-bond acceptors (Lipinski definition) is 3. The van der Waals surface area contributed by atoms with Crippen molar-refractivity contribution in [3.63, 3.8) is 0 Å². The maximum Gasteiger partial charge on any atom is 0.224 e. The minimum Gasteiger partial charge on any atom is -0.356 e. The molecule has 1 heterocycles. The van der Waals surface area contributed by atoms with Gasteiger partial charge in [-0.2, -0.15) is 0 Å². The van der Waals surface area contributed by atoms with E-state index in [0.29, 0.717) is 18.5 Å². The van der Waals surface area contributed by atoms with Crippen LogP contribution in [0.25, 0.3) is 11.0 Å². The summed E-state index contributed by atoms with van der Waals surface area (Å²) >= 11 is 0. The molecule has 0 bridgehead atoms. The van der Waals surface area contributed by atoms with Gasteiger partial charge in [0.2, 0.25) is 5.91 Å². The lowest BCUT2D eigenvalue weighted by Crippen LogP contribution is -2.26. The van der Waals surface area contributed by atoms with E-state index in [-0.39, 0.29) is 18.2 Å². The highest BCUT2D eigenvalue weighted by Crippen LogP contribution is 2.19. The monoisotopic (exact) mass is 453 g/mol. The summed E-state index contributed by atoms with van der Waals surface area (Å²) in [7, 11) is 0. The maximum absolute atomic E-state index is 12.9. The van der Waals surface area contributed by atoms with Gasteiger partial charge in [0.25, 0.3) is 0 Å². The van der Waals surface area contributed by atoms with E-state index in [9.17, 15) is 9.59 Å². The molecule has 0 aliphatic carbocycles. The third kappa shape index (κ3) is 5.98. The number of amides is 1. The van der Waals surface area contributed by atoms with Gasteiger partial charge in [0.15, 0.2) is 5.78 Å². The fourth-order valence-corrected chi connectivity index (χ4v) is 4.21. The Balaban J connectivity index is 1.29. The summed E-state index contributed by atoms with van der Waals surface area (Å²) in [5, 5.41) is 3.03. The van der Waals surface area contributed by atoms with Crippen LogP contribution in [0.1, 0.15) is 46.6 Å². The van der Waals surface area contributed by atoms with Crippen LogP contribution in [-0.2, 0) is 24.2 Å². The lowest BCUT2D eigenvalue weighted by molar-refractivity contribution is -0.120. The normalized spacial score (nSPS) is 11.0. The molecule has 0 saturated heterocycles. The van der Waals surface area contributed by atoms with Crippen molar-refractivity contribution in [3.8, 4) is 0 Å². The lowest BCUT2D eigenvalue weighted by atomic mass is 10.1. The largest absolute Gasteiger partial charge is 0.356 e. The van der Waals surface area contributed by atoms with E-state index in [2.05, 4.69) is 9.88 Å². The van der Waals surface area contributed by atoms with Crippen molar-refractivity contribution in [2.75, 3.05) is 6.54 Å². The van der Waals surface area contributed by atoms with Gasteiger partial charge in [0, 0.05) is 18.5 Å². The SMILES string of the molecule is Cc1ccccc1CC(=O)NCCCCCc1nc2ccccc2n1CC(=O)c1ccccc1. The Morgan fingerprint density at radius 2 is 1.59 bits per heavy atom. The van der Waals surface area contributed by atoms with Crippen molar-refractivity contribution < 1.29 is 9.59 Å². The Bertz CT molecular complexity index is 1260. The number of imidazole rings is 1. The van der Waals surface area contributed by atoms with Crippen LogP contribution in [0.3, 0.4) is 0 Å². The first-order chi connectivity index (χ1) is 16.6. The number of nitrogens with zero attached hydrogens (tertiary/aromatic N) is 2. The van der Waals surface area contributed by atoms with Gasteiger partial charge in [0.05, 0.1) is 24.0 Å². The minimum atomic E-state index is 0.0653. The predicted molar refractivity (Wildman–Crippen MR) is 136 cm³/mol. The predicted octanol–water partition coefficient (Wildman–Crippen LogP) is 5.30. The summed E-state index contributed by atoms with van der Waals surface area (Å²) in [5.41, 5.74) is 4.84. The highest BCUT2D eigenvalue weighted by atomic mass is 16.1. The number of unbranched alkanes of at least 4 members (excludes halogenated alkanes) is 2. The second kappa shape index (κ2) is 11.4. The summed E-state index contributed by atoms with van der Waals surface area (Å²) in [4.78, 5) is 29.9. The molecular weight excluding hydrogens is 422 g/mol. The number of benzene rings is 3. The number of aryl methyl sites for hydroxylation is 2. The van der Waals surface area contributed by atoms with Crippen LogP contribution in [0.15, 0.2) is 78.9 Å². The summed E-state index contributed by atoms with van der Waals surface area (Å²) in [6.45, 7) is 2.99. The number of carbonyl (C=O) groups is 2. The molecule has 5 nitrogen and oxygen atoms in total. The second-order valence-electron chi connectivity index (χ2n) is 8.66. The summed E-state index contributed by atoms with van der Waals surface area (Å²) in [5.74, 6) is 1.09.